The van der Waals surface area contributed by atoms with Crippen LogP contribution in [0.1, 0.15) is 39.5 Å². The number of likely N-dealkylation sites (tertiary alicyclic amines) is 1. The second-order valence-electron chi connectivity index (χ2n) is 9.44. The minimum atomic E-state index is 0.126. The summed E-state index contributed by atoms with van der Waals surface area (Å²) >= 11 is 1.70. The van der Waals surface area contributed by atoms with Crippen LogP contribution in [-0.4, -0.2) is 62.2 Å². The van der Waals surface area contributed by atoms with Crippen molar-refractivity contribution in [3.05, 3.63) is 18.2 Å². The SMILES string of the molecule is COc1ccc2nc(N3CCC(C(=O)NCCCN4C[C@@H](C)C[C@H](C)C4)CC3)sc2c1. The van der Waals surface area contributed by atoms with Crippen LogP contribution in [0.5, 0.6) is 5.75 Å². The molecule has 2 saturated heterocycles. The zero-order valence-corrected chi connectivity index (χ0v) is 19.9. The van der Waals surface area contributed by atoms with Crippen molar-refractivity contribution in [2.45, 2.75) is 39.5 Å². The van der Waals surface area contributed by atoms with Crippen LogP contribution in [0.4, 0.5) is 5.13 Å². The van der Waals surface area contributed by atoms with E-state index in [1.807, 2.05) is 18.2 Å². The number of aromatic nitrogens is 1. The molecule has 2 atom stereocenters. The summed E-state index contributed by atoms with van der Waals surface area (Å²) in [6.07, 6.45) is 4.18. The summed E-state index contributed by atoms with van der Waals surface area (Å²) in [4.78, 5) is 22.3. The monoisotopic (exact) mass is 444 g/mol. The van der Waals surface area contributed by atoms with Gasteiger partial charge in [0.05, 0.1) is 17.3 Å². The molecule has 7 heteroatoms. The molecule has 2 aliphatic heterocycles. The van der Waals surface area contributed by atoms with Crippen molar-refractivity contribution in [2.75, 3.05) is 51.3 Å². The molecule has 170 valence electrons. The van der Waals surface area contributed by atoms with Gasteiger partial charge in [-0.25, -0.2) is 4.98 Å². The number of fused-ring (bicyclic) bond motifs is 1. The highest BCUT2D eigenvalue weighted by Gasteiger charge is 2.26. The van der Waals surface area contributed by atoms with E-state index in [-0.39, 0.29) is 11.8 Å². The third-order valence-electron chi connectivity index (χ3n) is 6.62. The number of amides is 1. The number of ether oxygens (including phenoxy) is 1. The van der Waals surface area contributed by atoms with E-state index in [2.05, 4.69) is 29.0 Å². The highest BCUT2D eigenvalue weighted by molar-refractivity contribution is 7.22. The molecule has 0 spiro atoms. The molecule has 2 aliphatic rings. The molecule has 0 radical (unpaired) electrons. The molecule has 1 aromatic heterocycles. The molecule has 0 aliphatic carbocycles. The van der Waals surface area contributed by atoms with Gasteiger partial charge in [-0.3, -0.25) is 4.79 Å². The van der Waals surface area contributed by atoms with E-state index in [1.165, 1.54) is 19.5 Å². The molecule has 4 rings (SSSR count). The Bertz CT molecular complexity index is 868. The highest BCUT2D eigenvalue weighted by Crippen LogP contribution is 2.33. The fourth-order valence-corrected chi connectivity index (χ4v) is 6.17. The Morgan fingerprint density at radius 1 is 1.23 bits per heavy atom. The van der Waals surface area contributed by atoms with Crippen molar-refractivity contribution in [3.8, 4) is 5.75 Å². The first kappa shape index (κ1) is 22.3. The van der Waals surface area contributed by atoms with Crippen molar-refractivity contribution in [2.24, 2.45) is 17.8 Å². The summed E-state index contributed by atoms with van der Waals surface area (Å²) < 4.78 is 6.46. The Morgan fingerprint density at radius 2 is 1.97 bits per heavy atom. The Morgan fingerprint density at radius 3 is 2.68 bits per heavy atom. The number of methoxy groups -OCH3 is 1. The van der Waals surface area contributed by atoms with Crippen molar-refractivity contribution in [1.82, 2.24) is 15.2 Å². The summed E-state index contributed by atoms with van der Waals surface area (Å²) in [6.45, 7) is 10.8. The number of nitrogens with zero attached hydrogens (tertiary/aromatic N) is 3. The maximum Gasteiger partial charge on any atom is 0.223 e. The zero-order chi connectivity index (χ0) is 21.8. The average Bonchev–Trinajstić information content (AvgIpc) is 3.19. The number of hydrogen-bond donors (Lipinski definition) is 1. The van der Waals surface area contributed by atoms with Gasteiger partial charge < -0.3 is 19.9 Å². The van der Waals surface area contributed by atoms with Crippen LogP contribution in [0.15, 0.2) is 18.2 Å². The van der Waals surface area contributed by atoms with Crippen LogP contribution in [0.25, 0.3) is 10.2 Å². The number of nitrogens with one attached hydrogen (secondary N) is 1. The van der Waals surface area contributed by atoms with E-state index in [9.17, 15) is 4.79 Å². The minimum absolute atomic E-state index is 0.126. The highest BCUT2D eigenvalue weighted by atomic mass is 32.1. The molecule has 6 nitrogen and oxygen atoms in total. The summed E-state index contributed by atoms with van der Waals surface area (Å²) in [6, 6.07) is 6.01. The summed E-state index contributed by atoms with van der Waals surface area (Å²) in [5.41, 5.74) is 1.01. The van der Waals surface area contributed by atoms with Crippen LogP contribution < -0.4 is 15.0 Å². The number of piperidine rings is 2. The van der Waals surface area contributed by atoms with Gasteiger partial charge in [0.1, 0.15) is 5.75 Å². The van der Waals surface area contributed by atoms with E-state index in [4.69, 9.17) is 9.72 Å². The van der Waals surface area contributed by atoms with E-state index >= 15 is 0 Å². The Balaban J connectivity index is 1.19. The molecule has 0 saturated carbocycles. The molecular weight excluding hydrogens is 408 g/mol. The van der Waals surface area contributed by atoms with Gasteiger partial charge in [0.15, 0.2) is 5.13 Å². The van der Waals surface area contributed by atoms with E-state index in [0.717, 1.165) is 78.4 Å². The smallest absolute Gasteiger partial charge is 0.223 e. The quantitative estimate of drug-likeness (QED) is 0.654. The third-order valence-corrected chi connectivity index (χ3v) is 7.69. The number of anilines is 1. The van der Waals surface area contributed by atoms with E-state index < -0.39 is 0 Å². The molecule has 0 bridgehead atoms. The van der Waals surface area contributed by atoms with Gasteiger partial charge in [-0.15, -0.1) is 0 Å². The summed E-state index contributed by atoms with van der Waals surface area (Å²) in [5, 5.41) is 4.24. The fraction of sp³-hybridized carbons (Fsp3) is 0.667. The lowest BCUT2D eigenvalue weighted by Crippen LogP contribution is -2.42. The Hall–Kier alpha value is -1.86. The second-order valence-corrected chi connectivity index (χ2v) is 10.5. The van der Waals surface area contributed by atoms with Gasteiger partial charge in [0.25, 0.3) is 0 Å². The largest absolute Gasteiger partial charge is 0.497 e. The summed E-state index contributed by atoms with van der Waals surface area (Å²) in [5.74, 6) is 2.80. The second kappa shape index (κ2) is 10.2. The lowest BCUT2D eigenvalue weighted by Gasteiger charge is -2.35. The molecule has 3 heterocycles. The van der Waals surface area contributed by atoms with Gasteiger partial charge in [-0.05, 0) is 62.3 Å². The summed E-state index contributed by atoms with van der Waals surface area (Å²) in [7, 11) is 1.69. The fourth-order valence-electron chi connectivity index (χ4n) is 5.12. The van der Waals surface area contributed by atoms with Crippen LogP contribution in [-0.2, 0) is 4.79 Å². The van der Waals surface area contributed by atoms with Crippen LogP contribution in [0.3, 0.4) is 0 Å². The first-order chi connectivity index (χ1) is 15.0. The maximum absolute atomic E-state index is 12.6. The number of thiazole rings is 1. The van der Waals surface area contributed by atoms with Gasteiger partial charge in [0.2, 0.25) is 5.91 Å². The van der Waals surface area contributed by atoms with Crippen molar-refractivity contribution < 1.29 is 9.53 Å². The Labute approximate surface area is 190 Å². The van der Waals surface area contributed by atoms with Gasteiger partial charge in [-0.1, -0.05) is 25.2 Å². The van der Waals surface area contributed by atoms with Crippen molar-refractivity contribution >= 4 is 32.6 Å². The topological polar surface area (TPSA) is 57.7 Å². The maximum atomic E-state index is 12.6. The number of carbonyl (C=O) groups excluding carboxylic acids is 1. The lowest BCUT2D eigenvalue weighted by molar-refractivity contribution is -0.125. The first-order valence-corrected chi connectivity index (χ1v) is 12.5. The third kappa shape index (κ3) is 5.69. The van der Waals surface area contributed by atoms with Crippen LogP contribution in [0, 0.1) is 17.8 Å². The van der Waals surface area contributed by atoms with Crippen LogP contribution in [0.2, 0.25) is 0 Å². The molecule has 1 N–H and O–H groups in total. The molecule has 0 unspecified atom stereocenters. The molecule has 2 aromatic rings. The average molecular weight is 445 g/mol. The van der Waals surface area contributed by atoms with Gasteiger partial charge in [-0.2, -0.15) is 0 Å². The van der Waals surface area contributed by atoms with E-state index in [0.29, 0.717) is 0 Å². The first-order valence-electron chi connectivity index (χ1n) is 11.7. The molecule has 31 heavy (non-hydrogen) atoms. The normalized spacial score (nSPS) is 23.3. The predicted molar refractivity (Wildman–Crippen MR) is 128 cm³/mol. The van der Waals surface area contributed by atoms with Crippen LogP contribution >= 0.6 is 11.3 Å². The number of carbonyl (C=O) groups is 1. The minimum Gasteiger partial charge on any atom is -0.497 e. The van der Waals surface area contributed by atoms with E-state index in [1.54, 1.807) is 18.4 Å². The number of hydrogen-bond acceptors (Lipinski definition) is 6. The van der Waals surface area contributed by atoms with Crippen molar-refractivity contribution in [3.63, 3.8) is 0 Å². The molecule has 1 aromatic carbocycles. The molecule has 1 amide bonds. The number of benzene rings is 1. The zero-order valence-electron chi connectivity index (χ0n) is 19.1. The van der Waals surface area contributed by atoms with Gasteiger partial charge in [0, 0.05) is 38.6 Å². The molecular formula is C24H36N4O2S. The number of rotatable bonds is 7. The Kier molecular flexibility index (Phi) is 7.33. The predicted octanol–water partition coefficient (Wildman–Crippen LogP) is 4.01. The molecule has 2 fully saturated rings. The van der Waals surface area contributed by atoms with Gasteiger partial charge >= 0.3 is 0 Å². The lowest BCUT2D eigenvalue weighted by atomic mass is 9.92. The standard InChI is InChI=1S/C24H36N4O2S/c1-17-13-18(2)16-27(15-17)10-4-9-25-23(29)19-7-11-28(12-8-19)24-26-21-6-5-20(30-3)14-22(21)31-24/h5-6,14,17-19H,4,7-13,15-16H2,1-3H3,(H,25,29)/t17-,18-/m0/s1. The van der Waals surface area contributed by atoms with Crippen molar-refractivity contribution in [1.29, 1.82) is 0 Å².